The second-order valence-electron chi connectivity index (χ2n) is 9.70. The minimum atomic E-state index is -0.174. The van der Waals surface area contributed by atoms with Crippen LogP contribution in [0.4, 0.5) is 5.69 Å². The molecule has 0 atom stereocenters. The quantitative estimate of drug-likeness (QED) is 0.453. The fourth-order valence-electron chi connectivity index (χ4n) is 4.41. The lowest BCUT2D eigenvalue weighted by Gasteiger charge is -2.29. The monoisotopic (exact) mass is 497 g/mol. The van der Waals surface area contributed by atoms with Gasteiger partial charge in [-0.1, -0.05) is 11.6 Å². The molecule has 35 heavy (non-hydrogen) atoms. The number of hydrogen-bond acceptors (Lipinski definition) is 6. The Labute approximate surface area is 210 Å². The molecule has 1 aliphatic rings. The average Bonchev–Trinajstić information content (AvgIpc) is 3.21. The molecule has 4 rings (SSSR count). The number of nitrogens with zero attached hydrogens (tertiary/aromatic N) is 4. The highest BCUT2D eigenvalue weighted by Crippen LogP contribution is 2.28. The van der Waals surface area contributed by atoms with Crippen molar-refractivity contribution in [3.8, 4) is 11.3 Å². The van der Waals surface area contributed by atoms with Gasteiger partial charge in [0, 0.05) is 36.4 Å². The van der Waals surface area contributed by atoms with Gasteiger partial charge in [-0.3, -0.25) is 14.6 Å². The van der Waals surface area contributed by atoms with E-state index in [4.69, 9.17) is 11.6 Å². The van der Waals surface area contributed by atoms with E-state index in [0.29, 0.717) is 27.6 Å². The molecule has 9 nitrogen and oxygen atoms in total. The summed E-state index contributed by atoms with van der Waals surface area (Å²) in [6.07, 6.45) is 9.62. The number of hydrogen-bond donors (Lipinski definition) is 3. The van der Waals surface area contributed by atoms with Crippen LogP contribution in [0, 0.1) is 5.92 Å². The normalized spacial score (nSPS) is 18.1. The molecule has 3 N–H and O–H groups in total. The van der Waals surface area contributed by atoms with Crippen molar-refractivity contribution < 1.29 is 9.59 Å². The molecule has 3 heterocycles. The molecular formula is C25H32ClN7O2. The lowest BCUT2D eigenvalue weighted by Crippen LogP contribution is -2.42. The van der Waals surface area contributed by atoms with Gasteiger partial charge in [0.2, 0.25) is 5.91 Å². The third-order valence-corrected chi connectivity index (χ3v) is 6.25. The van der Waals surface area contributed by atoms with Gasteiger partial charge in [0.25, 0.3) is 5.91 Å². The van der Waals surface area contributed by atoms with Gasteiger partial charge in [0.15, 0.2) is 5.65 Å². The van der Waals surface area contributed by atoms with Crippen LogP contribution < -0.4 is 16.0 Å². The highest BCUT2D eigenvalue weighted by molar-refractivity contribution is 6.30. The average molecular weight is 498 g/mol. The first-order valence-electron chi connectivity index (χ1n) is 12.1. The molecular weight excluding hydrogens is 466 g/mol. The minimum absolute atomic E-state index is 0.0130. The van der Waals surface area contributed by atoms with E-state index >= 15 is 0 Å². The third-order valence-electron chi connectivity index (χ3n) is 6.06. The van der Waals surface area contributed by atoms with Crippen molar-refractivity contribution in [1.82, 2.24) is 30.2 Å². The van der Waals surface area contributed by atoms with Crippen LogP contribution in [0.1, 0.15) is 63.7 Å². The van der Waals surface area contributed by atoms with Gasteiger partial charge in [-0.2, -0.15) is 5.10 Å². The lowest BCUT2D eigenvalue weighted by molar-refractivity contribution is -0.126. The van der Waals surface area contributed by atoms with Crippen LogP contribution in [0.25, 0.3) is 16.9 Å². The van der Waals surface area contributed by atoms with Crippen molar-refractivity contribution in [2.45, 2.75) is 71.5 Å². The third kappa shape index (κ3) is 5.90. The minimum Gasteiger partial charge on any atom is -0.382 e. The molecule has 1 aliphatic carbocycles. The van der Waals surface area contributed by atoms with Crippen LogP contribution in [0.5, 0.6) is 0 Å². The summed E-state index contributed by atoms with van der Waals surface area (Å²) >= 11 is 6.02. The Morgan fingerprint density at radius 3 is 2.46 bits per heavy atom. The van der Waals surface area contributed by atoms with Gasteiger partial charge in [-0.25, -0.2) is 9.50 Å². The summed E-state index contributed by atoms with van der Waals surface area (Å²) in [5, 5.41) is 14.3. The zero-order valence-electron chi connectivity index (χ0n) is 20.5. The summed E-state index contributed by atoms with van der Waals surface area (Å²) in [7, 11) is 0. The van der Waals surface area contributed by atoms with E-state index in [1.165, 1.54) is 0 Å². The van der Waals surface area contributed by atoms with Gasteiger partial charge in [-0.15, -0.1) is 0 Å². The summed E-state index contributed by atoms with van der Waals surface area (Å²) < 4.78 is 1.60. The first kappa shape index (κ1) is 24.9. The molecule has 10 heteroatoms. The van der Waals surface area contributed by atoms with Crippen molar-refractivity contribution in [2.75, 3.05) is 5.32 Å². The van der Waals surface area contributed by atoms with E-state index in [0.717, 1.165) is 31.2 Å². The largest absolute Gasteiger partial charge is 0.382 e. The fraction of sp³-hybridized carbons (Fsp3) is 0.480. The molecule has 0 aliphatic heterocycles. The standard InChI is InChI=1S/C25H32ClN7O2/c1-14(2)30-22-9-21(19-12-29-33-13-17(26)10-28-23(19)33)27-11-20(22)25(35)32-18-7-5-16(6-8-18)24(34)31-15(3)4/h9-16,18H,5-8H2,1-4H3,(H,27,30)(H,31,34)(H,32,35)/t16-,18-. The molecule has 0 aromatic carbocycles. The number of pyridine rings is 1. The van der Waals surface area contributed by atoms with E-state index in [1.807, 2.05) is 33.8 Å². The molecule has 2 amide bonds. The molecule has 0 unspecified atom stereocenters. The second kappa shape index (κ2) is 10.6. The maximum absolute atomic E-state index is 13.2. The topological polar surface area (TPSA) is 113 Å². The smallest absolute Gasteiger partial charge is 0.255 e. The highest BCUT2D eigenvalue weighted by atomic mass is 35.5. The van der Waals surface area contributed by atoms with E-state index in [2.05, 4.69) is 31.0 Å². The van der Waals surface area contributed by atoms with Crippen molar-refractivity contribution in [1.29, 1.82) is 0 Å². The van der Waals surface area contributed by atoms with Crippen LogP contribution in [0.2, 0.25) is 5.02 Å². The van der Waals surface area contributed by atoms with E-state index in [1.54, 1.807) is 29.3 Å². The number of carbonyl (C=O) groups is 2. The molecule has 3 aromatic rings. The van der Waals surface area contributed by atoms with Gasteiger partial charge in [0.1, 0.15) is 0 Å². The first-order valence-corrected chi connectivity index (χ1v) is 12.5. The van der Waals surface area contributed by atoms with Crippen molar-refractivity contribution in [3.63, 3.8) is 0 Å². The van der Waals surface area contributed by atoms with Gasteiger partial charge >= 0.3 is 0 Å². The van der Waals surface area contributed by atoms with E-state index in [9.17, 15) is 9.59 Å². The number of carbonyl (C=O) groups excluding carboxylic acids is 2. The second-order valence-corrected chi connectivity index (χ2v) is 10.1. The summed E-state index contributed by atoms with van der Waals surface area (Å²) in [4.78, 5) is 34.4. The number of amides is 2. The molecule has 0 saturated heterocycles. The van der Waals surface area contributed by atoms with Crippen molar-refractivity contribution in [2.24, 2.45) is 5.92 Å². The Morgan fingerprint density at radius 1 is 1.03 bits per heavy atom. The Hall–Kier alpha value is -3.20. The van der Waals surface area contributed by atoms with Gasteiger partial charge in [0.05, 0.1) is 39.9 Å². The summed E-state index contributed by atoms with van der Waals surface area (Å²) in [6.45, 7) is 7.97. The summed E-state index contributed by atoms with van der Waals surface area (Å²) in [5.41, 5.74) is 3.22. The molecule has 1 fully saturated rings. The van der Waals surface area contributed by atoms with Crippen molar-refractivity contribution >= 4 is 34.7 Å². The Morgan fingerprint density at radius 2 is 1.77 bits per heavy atom. The van der Waals surface area contributed by atoms with Crippen LogP contribution >= 0.6 is 11.6 Å². The molecule has 186 valence electrons. The first-order chi connectivity index (χ1) is 16.7. The molecule has 0 spiro atoms. The number of nitrogens with one attached hydrogen (secondary N) is 3. The zero-order valence-corrected chi connectivity index (χ0v) is 21.3. The number of aromatic nitrogens is 4. The van der Waals surface area contributed by atoms with Crippen molar-refractivity contribution in [3.05, 3.63) is 41.4 Å². The van der Waals surface area contributed by atoms with Crippen LogP contribution in [-0.2, 0) is 4.79 Å². The van der Waals surface area contributed by atoms with Gasteiger partial charge in [-0.05, 0) is 59.4 Å². The number of halogens is 1. The highest BCUT2D eigenvalue weighted by Gasteiger charge is 2.28. The summed E-state index contributed by atoms with van der Waals surface area (Å²) in [6, 6.07) is 2.14. The Bertz CT molecular complexity index is 1220. The fourth-order valence-corrected chi connectivity index (χ4v) is 4.55. The zero-order chi connectivity index (χ0) is 25.1. The predicted molar refractivity (Wildman–Crippen MR) is 136 cm³/mol. The Balaban J connectivity index is 1.50. The van der Waals surface area contributed by atoms with Crippen LogP contribution in [0.15, 0.2) is 30.9 Å². The SMILES string of the molecule is CC(C)Nc1cc(-c2cnn3cc(Cl)cnc23)ncc1C(=O)N[C@H]1CC[C@H](C(=O)NC(C)C)CC1. The Kier molecular flexibility index (Phi) is 7.54. The molecule has 0 radical (unpaired) electrons. The number of fused-ring (bicyclic) bond motifs is 1. The summed E-state index contributed by atoms with van der Waals surface area (Å²) in [5.74, 6) is -0.0523. The molecule has 3 aromatic heterocycles. The van der Waals surface area contributed by atoms with Crippen LogP contribution in [-0.4, -0.2) is 49.5 Å². The molecule has 1 saturated carbocycles. The van der Waals surface area contributed by atoms with E-state index in [-0.39, 0.29) is 35.9 Å². The molecule has 0 bridgehead atoms. The maximum Gasteiger partial charge on any atom is 0.255 e. The predicted octanol–water partition coefficient (Wildman–Crippen LogP) is 4.08. The number of rotatable bonds is 7. The van der Waals surface area contributed by atoms with Gasteiger partial charge < -0.3 is 16.0 Å². The van der Waals surface area contributed by atoms with Crippen LogP contribution in [0.3, 0.4) is 0 Å². The lowest BCUT2D eigenvalue weighted by atomic mass is 9.85. The number of anilines is 1. The maximum atomic E-state index is 13.2. The van der Waals surface area contributed by atoms with E-state index < -0.39 is 0 Å².